The third-order valence-electron chi connectivity index (χ3n) is 3.51. The van der Waals surface area contributed by atoms with Crippen LogP contribution in [0.3, 0.4) is 0 Å². The highest BCUT2D eigenvalue weighted by Crippen LogP contribution is 2.17. The normalized spacial score (nSPS) is 16.0. The summed E-state index contributed by atoms with van der Waals surface area (Å²) in [5, 5.41) is 8.51. The van der Waals surface area contributed by atoms with Crippen molar-refractivity contribution < 1.29 is 4.79 Å². The topological polar surface area (TPSA) is 63.1 Å². The molecule has 0 bridgehead atoms. The second-order valence-electron chi connectivity index (χ2n) is 4.85. The molecule has 1 N–H and O–H groups in total. The number of amides is 1. The van der Waals surface area contributed by atoms with Gasteiger partial charge >= 0.3 is 0 Å². The molecule has 3 heterocycles. The van der Waals surface area contributed by atoms with Gasteiger partial charge in [0.2, 0.25) is 0 Å². The first-order valence-corrected chi connectivity index (χ1v) is 6.46. The molecule has 0 aromatic carbocycles. The van der Waals surface area contributed by atoms with Crippen molar-refractivity contribution in [1.82, 2.24) is 25.0 Å². The van der Waals surface area contributed by atoms with Crippen LogP contribution in [-0.2, 0) is 7.05 Å². The second kappa shape index (κ2) is 4.62. The summed E-state index contributed by atoms with van der Waals surface area (Å²) in [5.74, 6) is 0.0548. The average molecular weight is 259 g/mol. The monoisotopic (exact) mass is 259 g/mol. The Morgan fingerprint density at radius 2 is 2.11 bits per heavy atom. The summed E-state index contributed by atoms with van der Waals surface area (Å²) in [6, 6.07) is 1.90. The van der Waals surface area contributed by atoms with Crippen LogP contribution in [0.5, 0.6) is 0 Å². The minimum Gasteiger partial charge on any atom is -0.336 e. The zero-order chi connectivity index (χ0) is 13.4. The first-order valence-electron chi connectivity index (χ1n) is 6.46. The van der Waals surface area contributed by atoms with Crippen LogP contribution in [0.15, 0.2) is 12.3 Å². The van der Waals surface area contributed by atoms with Gasteiger partial charge in [-0.05, 0) is 13.0 Å². The lowest BCUT2D eigenvalue weighted by atomic mass is 10.2. The molecule has 6 nitrogen and oxygen atoms in total. The molecule has 1 amide bonds. The Morgan fingerprint density at radius 3 is 2.84 bits per heavy atom. The van der Waals surface area contributed by atoms with E-state index >= 15 is 0 Å². The molecule has 0 spiro atoms. The van der Waals surface area contributed by atoms with Gasteiger partial charge in [-0.3, -0.25) is 9.48 Å². The van der Waals surface area contributed by atoms with Crippen LogP contribution in [0, 0.1) is 6.92 Å². The fourth-order valence-electron chi connectivity index (χ4n) is 2.48. The van der Waals surface area contributed by atoms with Crippen LogP contribution < -0.4 is 5.32 Å². The number of piperazine rings is 1. The molecular weight excluding hydrogens is 242 g/mol. The number of carbonyl (C=O) groups is 1. The number of fused-ring (bicyclic) bond motifs is 1. The van der Waals surface area contributed by atoms with E-state index in [2.05, 4.69) is 15.4 Å². The molecule has 1 saturated heterocycles. The quantitative estimate of drug-likeness (QED) is 0.801. The van der Waals surface area contributed by atoms with Crippen LogP contribution in [-0.4, -0.2) is 51.8 Å². The van der Waals surface area contributed by atoms with E-state index < -0.39 is 0 Å². The van der Waals surface area contributed by atoms with Crippen molar-refractivity contribution in [2.45, 2.75) is 6.92 Å². The Bertz CT molecular complexity index is 627. The van der Waals surface area contributed by atoms with Crippen LogP contribution in [0.25, 0.3) is 11.0 Å². The van der Waals surface area contributed by atoms with Crippen LogP contribution in [0.1, 0.15) is 16.1 Å². The van der Waals surface area contributed by atoms with Gasteiger partial charge in [0.05, 0.1) is 11.3 Å². The van der Waals surface area contributed by atoms with Gasteiger partial charge in [-0.25, -0.2) is 4.98 Å². The lowest BCUT2D eigenvalue weighted by molar-refractivity contribution is 0.0735. The van der Waals surface area contributed by atoms with Gasteiger partial charge in [0.25, 0.3) is 5.91 Å². The fourth-order valence-corrected chi connectivity index (χ4v) is 2.48. The van der Waals surface area contributed by atoms with Crippen molar-refractivity contribution in [2.75, 3.05) is 26.2 Å². The number of carbonyl (C=O) groups excluding carboxylic acids is 1. The SMILES string of the molecule is Cc1nn(C)c2ncc(C(=O)N3CCNCC3)cc12. The van der Waals surface area contributed by atoms with Crippen molar-refractivity contribution in [3.8, 4) is 0 Å². The van der Waals surface area contributed by atoms with Gasteiger partial charge in [-0.2, -0.15) is 5.10 Å². The number of rotatable bonds is 1. The Hall–Kier alpha value is -1.95. The first-order chi connectivity index (χ1) is 9.16. The molecule has 0 atom stereocenters. The van der Waals surface area contributed by atoms with E-state index in [1.807, 2.05) is 24.9 Å². The maximum absolute atomic E-state index is 12.4. The number of hydrogen-bond donors (Lipinski definition) is 1. The molecule has 2 aromatic heterocycles. The smallest absolute Gasteiger partial charge is 0.255 e. The largest absolute Gasteiger partial charge is 0.336 e. The molecule has 1 aliphatic heterocycles. The Balaban J connectivity index is 1.96. The van der Waals surface area contributed by atoms with E-state index in [-0.39, 0.29) is 5.91 Å². The summed E-state index contributed by atoms with van der Waals surface area (Å²) in [7, 11) is 1.86. The Kier molecular flexibility index (Phi) is 2.94. The van der Waals surface area contributed by atoms with Crippen molar-refractivity contribution in [3.05, 3.63) is 23.5 Å². The molecule has 19 heavy (non-hydrogen) atoms. The minimum atomic E-state index is 0.0548. The molecule has 0 saturated carbocycles. The van der Waals surface area contributed by atoms with E-state index in [0.29, 0.717) is 5.56 Å². The Morgan fingerprint density at radius 1 is 1.37 bits per heavy atom. The van der Waals surface area contributed by atoms with Gasteiger partial charge in [0, 0.05) is 44.8 Å². The van der Waals surface area contributed by atoms with Crippen molar-refractivity contribution >= 4 is 16.9 Å². The number of nitrogens with zero attached hydrogens (tertiary/aromatic N) is 4. The summed E-state index contributed by atoms with van der Waals surface area (Å²) < 4.78 is 1.74. The van der Waals surface area contributed by atoms with Gasteiger partial charge in [0.15, 0.2) is 5.65 Å². The van der Waals surface area contributed by atoms with E-state index in [1.165, 1.54) is 0 Å². The van der Waals surface area contributed by atoms with Gasteiger partial charge in [-0.1, -0.05) is 0 Å². The highest BCUT2D eigenvalue weighted by molar-refractivity contribution is 5.97. The van der Waals surface area contributed by atoms with Crippen LogP contribution in [0.2, 0.25) is 0 Å². The van der Waals surface area contributed by atoms with Crippen LogP contribution in [0.4, 0.5) is 0 Å². The predicted octanol–water partition coefficient (Wildman–Crippen LogP) is 0.322. The summed E-state index contributed by atoms with van der Waals surface area (Å²) >= 11 is 0. The third kappa shape index (κ3) is 2.08. The first kappa shape index (κ1) is 12.1. The lowest BCUT2D eigenvalue weighted by Gasteiger charge is -2.27. The highest BCUT2D eigenvalue weighted by atomic mass is 16.2. The van der Waals surface area contributed by atoms with Gasteiger partial charge in [-0.15, -0.1) is 0 Å². The number of hydrogen-bond acceptors (Lipinski definition) is 4. The summed E-state index contributed by atoms with van der Waals surface area (Å²) in [6.07, 6.45) is 1.65. The Labute approximate surface area is 111 Å². The summed E-state index contributed by atoms with van der Waals surface area (Å²) in [4.78, 5) is 18.6. The molecule has 1 aliphatic rings. The second-order valence-corrected chi connectivity index (χ2v) is 4.85. The van der Waals surface area contributed by atoms with Crippen molar-refractivity contribution in [1.29, 1.82) is 0 Å². The maximum atomic E-state index is 12.4. The third-order valence-corrected chi connectivity index (χ3v) is 3.51. The van der Waals surface area contributed by atoms with Crippen molar-refractivity contribution in [3.63, 3.8) is 0 Å². The number of nitrogens with one attached hydrogen (secondary N) is 1. The maximum Gasteiger partial charge on any atom is 0.255 e. The van der Waals surface area contributed by atoms with E-state index in [0.717, 1.165) is 42.9 Å². The molecule has 6 heteroatoms. The molecule has 3 rings (SSSR count). The highest BCUT2D eigenvalue weighted by Gasteiger charge is 2.19. The van der Waals surface area contributed by atoms with Crippen LogP contribution >= 0.6 is 0 Å². The number of pyridine rings is 1. The fraction of sp³-hybridized carbons (Fsp3) is 0.462. The standard InChI is InChI=1S/C13H17N5O/c1-9-11-7-10(8-15-12(11)17(2)16-9)13(19)18-5-3-14-4-6-18/h7-8,14H,3-6H2,1-2H3. The molecule has 0 radical (unpaired) electrons. The number of aromatic nitrogens is 3. The summed E-state index contributed by atoms with van der Waals surface area (Å²) in [5.41, 5.74) is 2.36. The average Bonchev–Trinajstić information content (AvgIpc) is 2.74. The number of aryl methyl sites for hydroxylation is 2. The summed E-state index contributed by atoms with van der Waals surface area (Å²) in [6.45, 7) is 5.15. The lowest BCUT2D eigenvalue weighted by Crippen LogP contribution is -2.46. The van der Waals surface area contributed by atoms with E-state index in [1.54, 1.807) is 10.9 Å². The van der Waals surface area contributed by atoms with Crippen molar-refractivity contribution in [2.24, 2.45) is 7.05 Å². The van der Waals surface area contributed by atoms with E-state index in [4.69, 9.17) is 0 Å². The molecule has 100 valence electrons. The molecular formula is C13H17N5O. The van der Waals surface area contributed by atoms with Gasteiger partial charge < -0.3 is 10.2 Å². The predicted molar refractivity (Wildman–Crippen MR) is 72.0 cm³/mol. The molecule has 0 unspecified atom stereocenters. The molecule has 0 aliphatic carbocycles. The minimum absolute atomic E-state index is 0.0548. The van der Waals surface area contributed by atoms with Gasteiger partial charge in [0.1, 0.15) is 0 Å². The van der Waals surface area contributed by atoms with E-state index in [9.17, 15) is 4.79 Å². The zero-order valence-electron chi connectivity index (χ0n) is 11.2. The molecule has 1 fully saturated rings. The molecule has 2 aromatic rings. The zero-order valence-corrected chi connectivity index (χ0v) is 11.2.